The van der Waals surface area contributed by atoms with E-state index in [-0.39, 0.29) is 0 Å². The van der Waals surface area contributed by atoms with Crippen LogP contribution in [0.2, 0.25) is 0 Å². The Balaban J connectivity index is 2.66. The van der Waals surface area contributed by atoms with Crippen LogP contribution in [-0.4, -0.2) is 6.54 Å². The SMILES string of the molecule is CCc1ccc(CC[NH3+])cc1. The first kappa shape index (κ1) is 8.28. The van der Waals surface area contributed by atoms with E-state index in [1.165, 1.54) is 11.1 Å². The zero-order chi connectivity index (χ0) is 8.10. The van der Waals surface area contributed by atoms with Gasteiger partial charge in [-0.3, -0.25) is 0 Å². The first-order valence-electron chi connectivity index (χ1n) is 4.24. The number of rotatable bonds is 3. The van der Waals surface area contributed by atoms with Crippen molar-refractivity contribution < 1.29 is 5.73 Å². The molecule has 1 nitrogen and oxygen atoms in total. The molecular weight excluding hydrogens is 134 g/mol. The maximum Gasteiger partial charge on any atom is 0.0780 e. The number of quaternary nitrogens is 1. The summed E-state index contributed by atoms with van der Waals surface area (Å²) in [7, 11) is 0. The maximum atomic E-state index is 3.82. The highest BCUT2D eigenvalue weighted by molar-refractivity contribution is 5.22. The average molecular weight is 150 g/mol. The summed E-state index contributed by atoms with van der Waals surface area (Å²) in [6.07, 6.45) is 2.23. The first-order chi connectivity index (χ1) is 5.36. The van der Waals surface area contributed by atoms with Gasteiger partial charge in [0.05, 0.1) is 6.54 Å². The molecule has 0 bridgehead atoms. The molecule has 0 saturated carbocycles. The lowest BCUT2D eigenvalue weighted by molar-refractivity contribution is -0.366. The summed E-state index contributed by atoms with van der Waals surface area (Å²) < 4.78 is 0. The molecule has 1 aromatic carbocycles. The summed E-state index contributed by atoms with van der Waals surface area (Å²) in [6, 6.07) is 8.80. The highest BCUT2D eigenvalue weighted by Gasteiger charge is 1.91. The van der Waals surface area contributed by atoms with Crippen LogP contribution in [0, 0.1) is 0 Å². The smallest absolute Gasteiger partial charge is 0.0780 e. The second-order valence-corrected chi connectivity index (χ2v) is 2.77. The lowest BCUT2D eigenvalue weighted by Gasteiger charge is -1.98. The van der Waals surface area contributed by atoms with Crippen molar-refractivity contribution in [3.8, 4) is 0 Å². The average Bonchev–Trinajstić information content (AvgIpc) is 2.07. The van der Waals surface area contributed by atoms with Crippen molar-refractivity contribution in [3.05, 3.63) is 35.4 Å². The van der Waals surface area contributed by atoms with Crippen LogP contribution in [0.3, 0.4) is 0 Å². The van der Waals surface area contributed by atoms with E-state index in [4.69, 9.17) is 0 Å². The van der Waals surface area contributed by atoms with E-state index in [0.717, 1.165) is 19.4 Å². The van der Waals surface area contributed by atoms with Gasteiger partial charge in [-0.1, -0.05) is 31.2 Å². The quantitative estimate of drug-likeness (QED) is 0.666. The molecule has 0 amide bonds. The maximum absolute atomic E-state index is 3.82. The molecule has 0 fully saturated rings. The zero-order valence-corrected chi connectivity index (χ0v) is 7.14. The van der Waals surface area contributed by atoms with Crippen molar-refractivity contribution >= 4 is 0 Å². The Labute approximate surface area is 68.2 Å². The van der Waals surface area contributed by atoms with Crippen molar-refractivity contribution in [3.63, 3.8) is 0 Å². The van der Waals surface area contributed by atoms with Crippen LogP contribution in [-0.2, 0) is 12.8 Å². The van der Waals surface area contributed by atoms with E-state index in [0.29, 0.717) is 0 Å². The van der Waals surface area contributed by atoms with Gasteiger partial charge in [-0.25, -0.2) is 0 Å². The second-order valence-electron chi connectivity index (χ2n) is 2.77. The van der Waals surface area contributed by atoms with Crippen LogP contribution < -0.4 is 5.73 Å². The molecule has 0 aromatic heterocycles. The van der Waals surface area contributed by atoms with Gasteiger partial charge in [0, 0.05) is 6.42 Å². The van der Waals surface area contributed by atoms with Crippen LogP contribution in [0.4, 0.5) is 0 Å². The molecule has 0 atom stereocenters. The predicted octanol–water partition coefficient (Wildman–Crippen LogP) is 1.03. The predicted molar refractivity (Wildman–Crippen MR) is 47.3 cm³/mol. The Kier molecular flexibility index (Phi) is 3.12. The van der Waals surface area contributed by atoms with Gasteiger partial charge in [0.2, 0.25) is 0 Å². The van der Waals surface area contributed by atoms with Gasteiger partial charge >= 0.3 is 0 Å². The molecule has 0 radical (unpaired) electrons. The monoisotopic (exact) mass is 150 g/mol. The Bertz CT molecular complexity index is 201. The molecular formula is C10H16N+. The topological polar surface area (TPSA) is 27.6 Å². The van der Waals surface area contributed by atoms with Gasteiger partial charge in [0.15, 0.2) is 0 Å². The van der Waals surface area contributed by atoms with Crippen molar-refractivity contribution in [2.24, 2.45) is 0 Å². The summed E-state index contributed by atoms with van der Waals surface area (Å²) in [4.78, 5) is 0. The molecule has 11 heavy (non-hydrogen) atoms. The minimum atomic E-state index is 0.992. The molecule has 0 saturated heterocycles. The van der Waals surface area contributed by atoms with Crippen LogP contribution in [0.25, 0.3) is 0 Å². The minimum Gasteiger partial charge on any atom is -0.357 e. The van der Waals surface area contributed by atoms with Crippen molar-refractivity contribution in [1.82, 2.24) is 0 Å². The van der Waals surface area contributed by atoms with Crippen molar-refractivity contribution in [2.45, 2.75) is 19.8 Å². The molecule has 60 valence electrons. The molecule has 1 heteroatoms. The highest BCUT2D eigenvalue weighted by Crippen LogP contribution is 2.04. The third-order valence-corrected chi connectivity index (χ3v) is 1.90. The normalized spacial score (nSPS) is 10.0. The first-order valence-corrected chi connectivity index (χ1v) is 4.24. The Morgan fingerprint density at radius 1 is 1.09 bits per heavy atom. The lowest BCUT2D eigenvalue weighted by Crippen LogP contribution is -2.51. The molecule has 3 N–H and O–H groups in total. The summed E-state index contributed by atoms with van der Waals surface area (Å²) in [5.41, 5.74) is 6.64. The number of hydrogen-bond acceptors (Lipinski definition) is 0. The van der Waals surface area contributed by atoms with E-state index >= 15 is 0 Å². The van der Waals surface area contributed by atoms with E-state index < -0.39 is 0 Å². The Morgan fingerprint density at radius 3 is 2.09 bits per heavy atom. The summed E-state index contributed by atoms with van der Waals surface area (Å²) >= 11 is 0. The van der Waals surface area contributed by atoms with Crippen molar-refractivity contribution in [1.29, 1.82) is 0 Å². The fourth-order valence-electron chi connectivity index (χ4n) is 1.15. The zero-order valence-electron chi connectivity index (χ0n) is 7.14. The molecule has 0 aliphatic heterocycles. The molecule has 0 heterocycles. The van der Waals surface area contributed by atoms with Gasteiger partial charge in [0.1, 0.15) is 0 Å². The Morgan fingerprint density at radius 2 is 1.64 bits per heavy atom. The minimum absolute atomic E-state index is 0.992. The molecule has 0 spiro atoms. The summed E-state index contributed by atoms with van der Waals surface area (Å²) in [5, 5.41) is 0. The Hall–Kier alpha value is -0.820. The number of aryl methyl sites for hydroxylation is 1. The van der Waals surface area contributed by atoms with Crippen LogP contribution in [0.15, 0.2) is 24.3 Å². The van der Waals surface area contributed by atoms with E-state index in [1.54, 1.807) is 0 Å². The second kappa shape index (κ2) is 4.14. The fourth-order valence-corrected chi connectivity index (χ4v) is 1.15. The van der Waals surface area contributed by atoms with Crippen LogP contribution >= 0.6 is 0 Å². The summed E-state index contributed by atoms with van der Waals surface area (Å²) in [6.45, 7) is 3.17. The highest BCUT2D eigenvalue weighted by atomic mass is 14.5. The van der Waals surface area contributed by atoms with Gasteiger partial charge in [0.25, 0.3) is 0 Å². The molecule has 0 unspecified atom stereocenters. The molecule has 1 aromatic rings. The third-order valence-electron chi connectivity index (χ3n) is 1.90. The largest absolute Gasteiger partial charge is 0.357 e. The van der Waals surface area contributed by atoms with E-state index in [9.17, 15) is 0 Å². The molecule has 0 aliphatic carbocycles. The van der Waals surface area contributed by atoms with Gasteiger partial charge in [-0.15, -0.1) is 0 Å². The standard InChI is InChI=1S/C10H15N/c1-2-9-3-5-10(6-4-9)7-8-11/h3-6H,2,7-8,11H2,1H3/p+1. The summed E-state index contributed by atoms with van der Waals surface area (Å²) in [5.74, 6) is 0. The van der Waals surface area contributed by atoms with Crippen LogP contribution in [0.5, 0.6) is 0 Å². The van der Waals surface area contributed by atoms with Crippen LogP contribution in [0.1, 0.15) is 18.1 Å². The number of hydrogen-bond donors (Lipinski definition) is 1. The van der Waals surface area contributed by atoms with E-state index in [1.807, 2.05) is 0 Å². The number of benzene rings is 1. The lowest BCUT2D eigenvalue weighted by atomic mass is 10.1. The van der Waals surface area contributed by atoms with Gasteiger partial charge in [-0.05, 0) is 17.5 Å². The van der Waals surface area contributed by atoms with E-state index in [2.05, 4.69) is 36.9 Å². The molecule has 0 aliphatic rings. The van der Waals surface area contributed by atoms with Gasteiger partial charge < -0.3 is 5.73 Å². The van der Waals surface area contributed by atoms with Gasteiger partial charge in [-0.2, -0.15) is 0 Å². The molecule has 1 rings (SSSR count). The fraction of sp³-hybridized carbons (Fsp3) is 0.400. The third kappa shape index (κ3) is 2.35. The van der Waals surface area contributed by atoms with Crippen molar-refractivity contribution in [2.75, 3.05) is 6.54 Å².